The predicted molar refractivity (Wildman–Crippen MR) is 74.0 cm³/mol. The van der Waals surface area contributed by atoms with Crippen molar-refractivity contribution in [3.8, 4) is 0 Å². The van der Waals surface area contributed by atoms with Crippen molar-refractivity contribution in [2.45, 2.75) is 26.3 Å². The van der Waals surface area contributed by atoms with Crippen LogP contribution in [-0.2, 0) is 4.79 Å². The molecule has 0 unspecified atom stereocenters. The number of anilines is 1. The first kappa shape index (κ1) is 14.9. The zero-order chi connectivity index (χ0) is 14.5. The quantitative estimate of drug-likeness (QED) is 0.750. The van der Waals surface area contributed by atoms with Crippen molar-refractivity contribution in [2.75, 3.05) is 18.9 Å². The summed E-state index contributed by atoms with van der Waals surface area (Å²) in [5, 5.41) is 8.17. The third kappa shape index (κ3) is 5.37. The van der Waals surface area contributed by atoms with E-state index in [1.807, 2.05) is 20.8 Å². The van der Waals surface area contributed by atoms with E-state index in [1.54, 1.807) is 19.2 Å². The monoisotopic (exact) mass is 264 g/mol. The molecule has 2 amide bonds. The van der Waals surface area contributed by atoms with Crippen molar-refractivity contribution in [3.63, 3.8) is 0 Å². The number of nitrogens with one attached hydrogen (secondary N) is 3. The fraction of sp³-hybridized carbons (Fsp3) is 0.462. The molecule has 6 nitrogen and oxygen atoms in total. The molecule has 0 aliphatic carbocycles. The molecule has 3 N–H and O–H groups in total. The highest BCUT2D eigenvalue weighted by atomic mass is 16.2. The summed E-state index contributed by atoms with van der Waals surface area (Å²) in [5.74, 6) is 0.141. The topological polar surface area (TPSA) is 83.1 Å². The van der Waals surface area contributed by atoms with Gasteiger partial charge in [0.05, 0.1) is 12.1 Å². The van der Waals surface area contributed by atoms with Gasteiger partial charge in [-0.3, -0.25) is 9.59 Å². The maximum absolute atomic E-state index is 11.8. The minimum Gasteiger partial charge on any atom is -0.373 e. The van der Waals surface area contributed by atoms with Crippen LogP contribution in [0.3, 0.4) is 0 Å². The van der Waals surface area contributed by atoms with Gasteiger partial charge in [-0.15, -0.1) is 0 Å². The first-order valence-corrected chi connectivity index (χ1v) is 6.05. The van der Waals surface area contributed by atoms with Crippen LogP contribution in [0.25, 0.3) is 0 Å². The molecule has 0 spiro atoms. The first-order chi connectivity index (χ1) is 8.81. The lowest BCUT2D eigenvalue weighted by Crippen LogP contribution is -2.45. The molecule has 0 saturated heterocycles. The lowest BCUT2D eigenvalue weighted by molar-refractivity contribution is -0.121. The number of aromatic nitrogens is 1. The van der Waals surface area contributed by atoms with Crippen LogP contribution < -0.4 is 16.0 Å². The van der Waals surface area contributed by atoms with Crippen molar-refractivity contribution >= 4 is 17.6 Å². The largest absolute Gasteiger partial charge is 0.373 e. The van der Waals surface area contributed by atoms with Crippen molar-refractivity contribution < 1.29 is 9.59 Å². The molecule has 0 atom stereocenters. The fourth-order valence-electron chi connectivity index (χ4n) is 1.40. The van der Waals surface area contributed by atoms with Crippen LogP contribution in [0.15, 0.2) is 18.3 Å². The number of hydrogen-bond donors (Lipinski definition) is 3. The van der Waals surface area contributed by atoms with Gasteiger partial charge in [0.2, 0.25) is 5.91 Å². The normalized spacial score (nSPS) is 10.7. The van der Waals surface area contributed by atoms with Gasteiger partial charge < -0.3 is 16.0 Å². The minimum absolute atomic E-state index is 0.0517. The van der Waals surface area contributed by atoms with Crippen LogP contribution in [0.4, 0.5) is 5.82 Å². The molecule has 0 aromatic carbocycles. The molecule has 0 bridgehead atoms. The van der Waals surface area contributed by atoms with Crippen molar-refractivity contribution in [1.82, 2.24) is 15.6 Å². The Morgan fingerprint density at radius 2 is 1.95 bits per heavy atom. The second kappa shape index (κ2) is 6.17. The van der Waals surface area contributed by atoms with Crippen molar-refractivity contribution in [1.29, 1.82) is 0 Å². The Hall–Kier alpha value is -2.11. The number of pyridine rings is 1. The Kier molecular flexibility index (Phi) is 4.86. The molecule has 0 radical (unpaired) electrons. The molecule has 0 aliphatic heterocycles. The molecule has 1 aromatic heterocycles. The number of nitrogens with zero attached hydrogens (tertiary/aromatic N) is 1. The summed E-state index contributed by atoms with van der Waals surface area (Å²) in [6.07, 6.45) is 1.46. The van der Waals surface area contributed by atoms with Gasteiger partial charge in [-0.25, -0.2) is 4.98 Å². The minimum atomic E-state index is -0.320. The summed E-state index contributed by atoms with van der Waals surface area (Å²) < 4.78 is 0. The molecule has 1 rings (SSSR count). The fourth-order valence-corrected chi connectivity index (χ4v) is 1.40. The van der Waals surface area contributed by atoms with E-state index in [0.717, 1.165) is 0 Å². The van der Waals surface area contributed by atoms with E-state index >= 15 is 0 Å². The highest BCUT2D eigenvalue weighted by Gasteiger charge is 2.14. The van der Waals surface area contributed by atoms with Gasteiger partial charge in [0.1, 0.15) is 5.82 Å². The summed E-state index contributed by atoms with van der Waals surface area (Å²) in [6, 6.07) is 3.35. The van der Waals surface area contributed by atoms with Crippen LogP contribution in [0.1, 0.15) is 31.1 Å². The van der Waals surface area contributed by atoms with E-state index in [4.69, 9.17) is 0 Å². The Bertz CT molecular complexity index is 449. The van der Waals surface area contributed by atoms with E-state index in [9.17, 15) is 9.59 Å². The molecule has 19 heavy (non-hydrogen) atoms. The van der Waals surface area contributed by atoms with Gasteiger partial charge in [-0.2, -0.15) is 0 Å². The number of rotatable bonds is 4. The SMILES string of the molecule is CNc1ccc(C(=O)NCC(=O)NC(C)(C)C)cn1. The second-order valence-electron chi connectivity index (χ2n) is 5.16. The summed E-state index contributed by atoms with van der Waals surface area (Å²) in [4.78, 5) is 27.3. The van der Waals surface area contributed by atoms with Gasteiger partial charge in [0, 0.05) is 18.8 Å². The molecule has 0 saturated carbocycles. The van der Waals surface area contributed by atoms with Gasteiger partial charge >= 0.3 is 0 Å². The molecule has 6 heteroatoms. The third-order valence-corrected chi connectivity index (χ3v) is 2.21. The Morgan fingerprint density at radius 3 is 2.42 bits per heavy atom. The summed E-state index contributed by atoms with van der Waals surface area (Å²) in [5.41, 5.74) is 0.111. The number of carbonyl (C=O) groups is 2. The third-order valence-electron chi connectivity index (χ3n) is 2.21. The van der Waals surface area contributed by atoms with Crippen LogP contribution in [0.5, 0.6) is 0 Å². The van der Waals surface area contributed by atoms with E-state index in [0.29, 0.717) is 11.4 Å². The lowest BCUT2D eigenvalue weighted by atomic mass is 10.1. The maximum atomic E-state index is 11.8. The summed E-state index contributed by atoms with van der Waals surface area (Å²) in [6.45, 7) is 5.59. The molecule has 0 aliphatic rings. The Balaban J connectivity index is 2.49. The van der Waals surface area contributed by atoms with Crippen molar-refractivity contribution in [3.05, 3.63) is 23.9 Å². The zero-order valence-corrected chi connectivity index (χ0v) is 11.7. The zero-order valence-electron chi connectivity index (χ0n) is 11.7. The van der Waals surface area contributed by atoms with E-state index in [2.05, 4.69) is 20.9 Å². The second-order valence-corrected chi connectivity index (χ2v) is 5.16. The molecule has 0 fully saturated rings. The van der Waals surface area contributed by atoms with Gasteiger partial charge in [-0.1, -0.05) is 0 Å². The highest BCUT2D eigenvalue weighted by Crippen LogP contribution is 2.03. The molecule has 1 heterocycles. The standard InChI is InChI=1S/C13H20N4O2/c1-13(2,3)17-11(18)8-16-12(19)9-5-6-10(14-4)15-7-9/h5-7H,8H2,1-4H3,(H,14,15)(H,16,19)(H,17,18). The summed E-state index contributed by atoms with van der Waals surface area (Å²) >= 11 is 0. The van der Waals surface area contributed by atoms with Gasteiger partial charge in [0.15, 0.2) is 0 Å². The average molecular weight is 264 g/mol. The first-order valence-electron chi connectivity index (χ1n) is 6.05. The average Bonchev–Trinajstić information content (AvgIpc) is 2.34. The number of amides is 2. The van der Waals surface area contributed by atoms with Crippen LogP contribution in [0, 0.1) is 0 Å². The molecule has 1 aromatic rings. The number of carbonyl (C=O) groups excluding carboxylic acids is 2. The molecule has 104 valence electrons. The number of hydrogen-bond acceptors (Lipinski definition) is 4. The van der Waals surface area contributed by atoms with Gasteiger partial charge in [-0.05, 0) is 32.9 Å². The maximum Gasteiger partial charge on any atom is 0.253 e. The summed E-state index contributed by atoms with van der Waals surface area (Å²) in [7, 11) is 1.75. The van der Waals surface area contributed by atoms with E-state index in [1.165, 1.54) is 6.20 Å². The van der Waals surface area contributed by atoms with Crippen molar-refractivity contribution in [2.24, 2.45) is 0 Å². The van der Waals surface area contributed by atoms with E-state index < -0.39 is 0 Å². The molecular weight excluding hydrogens is 244 g/mol. The van der Waals surface area contributed by atoms with Gasteiger partial charge in [0.25, 0.3) is 5.91 Å². The van der Waals surface area contributed by atoms with E-state index in [-0.39, 0.29) is 23.9 Å². The Morgan fingerprint density at radius 1 is 1.26 bits per heavy atom. The smallest absolute Gasteiger partial charge is 0.253 e. The van der Waals surface area contributed by atoms with Crippen LogP contribution >= 0.6 is 0 Å². The van der Waals surface area contributed by atoms with Crippen LogP contribution in [-0.4, -0.2) is 35.9 Å². The predicted octanol–water partition coefficient (Wildman–Crippen LogP) is 0.768. The van der Waals surface area contributed by atoms with Crippen LogP contribution in [0.2, 0.25) is 0 Å². The molecular formula is C13H20N4O2. The Labute approximate surface area is 113 Å². The highest BCUT2D eigenvalue weighted by molar-refractivity contribution is 5.96. The lowest BCUT2D eigenvalue weighted by Gasteiger charge is -2.20.